The van der Waals surface area contributed by atoms with E-state index >= 15 is 0 Å². The number of rotatable bonds is 8. The lowest BCUT2D eigenvalue weighted by atomic mass is 9.75. The van der Waals surface area contributed by atoms with Gasteiger partial charge in [0, 0.05) is 37.8 Å². The van der Waals surface area contributed by atoms with E-state index in [1.807, 2.05) is 18.7 Å². The van der Waals surface area contributed by atoms with Crippen LogP contribution < -0.4 is 9.64 Å². The minimum absolute atomic E-state index is 0.0211. The maximum atomic E-state index is 13.8. The molecule has 1 aliphatic heterocycles. The Labute approximate surface area is 261 Å². The number of aromatic nitrogens is 3. The van der Waals surface area contributed by atoms with E-state index in [-0.39, 0.29) is 52.2 Å². The zero-order valence-electron chi connectivity index (χ0n) is 26.2. The first-order chi connectivity index (χ1) is 21.6. The summed E-state index contributed by atoms with van der Waals surface area (Å²) in [7, 11) is 0. The SMILES string of the molecule is [C-]#[N+]c1c(C(=O)OC2C(C)CC(C)CC2C)c2nc(-c3ccc(N4CCOCC4)c([N+](=O)[O-])c3)[nH]n2c1OC(=O)N(CC)CC. The van der Waals surface area contributed by atoms with Crippen LogP contribution in [0.5, 0.6) is 5.88 Å². The first kappa shape index (κ1) is 31.8. The van der Waals surface area contributed by atoms with Gasteiger partial charge in [0.1, 0.15) is 17.4 Å². The van der Waals surface area contributed by atoms with E-state index < -0.39 is 17.0 Å². The number of nitrogens with zero attached hydrogens (tertiary/aromatic N) is 6. The van der Waals surface area contributed by atoms with Crippen LogP contribution in [0.25, 0.3) is 21.9 Å². The number of hydrogen-bond donors (Lipinski definition) is 1. The molecule has 1 saturated carbocycles. The number of carbonyl (C=O) groups excluding carboxylic acids is 2. The average molecular weight is 622 g/mol. The normalized spacial score (nSPS) is 21.7. The maximum absolute atomic E-state index is 13.8. The number of nitrogens with one attached hydrogen (secondary N) is 1. The standard InChI is InChI=1S/C31H39N7O7/c1-7-35(8-2)31(40)45-29-25(32-6)24(30(39)44-26-19(4)15-18(3)16-20(26)5)28-33-27(34-37(28)29)21-9-10-22(23(17-21)38(41)42)36-11-13-43-14-12-36/h9-10,17-20,26H,7-8,11-16H2,1-5H3,(H,33,34). The average Bonchev–Trinajstić information content (AvgIpc) is 3.57. The molecule has 2 unspecified atom stereocenters. The van der Waals surface area contributed by atoms with Crippen LogP contribution in [0.3, 0.4) is 0 Å². The van der Waals surface area contributed by atoms with Crippen LogP contribution in [0.2, 0.25) is 0 Å². The minimum atomic E-state index is -0.742. The number of morpholine rings is 1. The summed E-state index contributed by atoms with van der Waals surface area (Å²) in [6.45, 7) is 20.5. The Morgan fingerprint density at radius 2 is 1.84 bits per heavy atom. The molecular weight excluding hydrogens is 582 g/mol. The number of carbonyl (C=O) groups is 2. The molecule has 2 aromatic heterocycles. The maximum Gasteiger partial charge on any atom is 0.415 e. The van der Waals surface area contributed by atoms with Gasteiger partial charge in [-0.1, -0.05) is 20.8 Å². The number of amides is 1. The van der Waals surface area contributed by atoms with Crippen LogP contribution >= 0.6 is 0 Å². The van der Waals surface area contributed by atoms with Crippen LogP contribution in [0.1, 0.15) is 57.8 Å². The number of nitro benzene ring substituents is 1. The van der Waals surface area contributed by atoms with Gasteiger partial charge in [-0.3, -0.25) is 15.2 Å². The molecule has 5 rings (SSSR count). The molecule has 1 saturated heterocycles. The summed E-state index contributed by atoms with van der Waals surface area (Å²) in [6, 6.07) is 4.76. The van der Waals surface area contributed by atoms with Crippen molar-refractivity contribution in [2.45, 2.75) is 53.6 Å². The quantitative estimate of drug-likeness (QED) is 0.145. The zero-order chi connectivity index (χ0) is 32.4. The van der Waals surface area contributed by atoms with Crippen LogP contribution in [0.4, 0.5) is 21.9 Å². The molecule has 2 aliphatic rings. The van der Waals surface area contributed by atoms with E-state index in [1.54, 1.807) is 26.0 Å². The summed E-state index contributed by atoms with van der Waals surface area (Å²) < 4.78 is 18.4. The number of ether oxygens (including phenoxy) is 3. The van der Waals surface area contributed by atoms with E-state index in [0.717, 1.165) is 12.8 Å². The molecular formula is C31H39N7O7. The molecule has 1 amide bonds. The Morgan fingerprint density at radius 1 is 1.18 bits per heavy atom. The van der Waals surface area contributed by atoms with Crippen molar-refractivity contribution in [3.8, 4) is 17.3 Å². The van der Waals surface area contributed by atoms with Crippen molar-refractivity contribution >= 4 is 34.8 Å². The molecule has 2 atom stereocenters. The van der Waals surface area contributed by atoms with Crippen molar-refractivity contribution in [3.05, 3.63) is 45.3 Å². The number of hydrogen-bond acceptors (Lipinski definition) is 9. The Kier molecular flexibility index (Phi) is 9.29. The lowest BCUT2D eigenvalue weighted by Crippen LogP contribution is -2.37. The number of aromatic amines is 1. The lowest BCUT2D eigenvalue weighted by molar-refractivity contribution is -0.384. The molecule has 0 bridgehead atoms. The highest BCUT2D eigenvalue weighted by Gasteiger charge is 2.37. The predicted molar refractivity (Wildman–Crippen MR) is 166 cm³/mol. The van der Waals surface area contributed by atoms with Crippen LogP contribution in [-0.4, -0.2) is 82.0 Å². The largest absolute Gasteiger partial charge is 0.459 e. The van der Waals surface area contributed by atoms with Gasteiger partial charge < -0.3 is 24.0 Å². The third-order valence-corrected chi connectivity index (χ3v) is 8.75. The van der Waals surface area contributed by atoms with Crippen molar-refractivity contribution in [3.63, 3.8) is 0 Å². The fourth-order valence-electron chi connectivity index (χ4n) is 6.62. The van der Waals surface area contributed by atoms with Gasteiger partial charge in [0.05, 0.1) is 24.7 Å². The van der Waals surface area contributed by atoms with Crippen LogP contribution in [0, 0.1) is 34.4 Å². The molecule has 0 radical (unpaired) electrons. The molecule has 14 heteroatoms. The number of fused-ring (bicyclic) bond motifs is 1. The summed E-state index contributed by atoms with van der Waals surface area (Å²) in [4.78, 5) is 50.1. The second-order valence-corrected chi connectivity index (χ2v) is 11.9. The summed E-state index contributed by atoms with van der Waals surface area (Å²) in [6.07, 6.45) is 0.746. The van der Waals surface area contributed by atoms with Crippen molar-refractivity contribution in [2.75, 3.05) is 44.3 Å². The Hall–Kier alpha value is -4.64. The summed E-state index contributed by atoms with van der Waals surface area (Å²) in [5.41, 5.74) is 0.406. The van der Waals surface area contributed by atoms with E-state index in [0.29, 0.717) is 56.6 Å². The fraction of sp³-hybridized carbons (Fsp3) is 0.548. The van der Waals surface area contributed by atoms with Gasteiger partial charge in [0.2, 0.25) is 5.88 Å². The van der Waals surface area contributed by atoms with Crippen molar-refractivity contribution in [2.24, 2.45) is 17.8 Å². The number of nitro groups is 1. The van der Waals surface area contributed by atoms with Gasteiger partial charge >= 0.3 is 12.1 Å². The molecule has 14 nitrogen and oxygen atoms in total. The van der Waals surface area contributed by atoms with Gasteiger partial charge in [0.15, 0.2) is 11.5 Å². The monoisotopic (exact) mass is 621 g/mol. The molecule has 1 N–H and O–H groups in total. The highest BCUT2D eigenvalue weighted by atomic mass is 16.6. The Balaban J connectivity index is 1.60. The first-order valence-electron chi connectivity index (χ1n) is 15.4. The second-order valence-electron chi connectivity index (χ2n) is 11.9. The summed E-state index contributed by atoms with van der Waals surface area (Å²) >= 11 is 0. The number of anilines is 1. The van der Waals surface area contributed by atoms with Gasteiger partial charge in [-0.15, -0.1) is 0 Å². The van der Waals surface area contributed by atoms with Crippen molar-refractivity contribution in [1.29, 1.82) is 0 Å². The van der Waals surface area contributed by atoms with E-state index in [1.165, 1.54) is 15.5 Å². The molecule has 3 heterocycles. The lowest BCUT2D eigenvalue weighted by Gasteiger charge is -2.37. The van der Waals surface area contributed by atoms with Crippen LogP contribution in [-0.2, 0) is 9.47 Å². The Morgan fingerprint density at radius 3 is 2.44 bits per heavy atom. The molecule has 0 spiro atoms. The number of esters is 1. The molecule has 2 fully saturated rings. The van der Waals surface area contributed by atoms with Crippen molar-refractivity contribution < 1.29 is 28.7 Å². The Bertz CT molecular complexity index is 1620. The molecule has 3 aromatic rings. The van der Waals surface area contributed by atoms with Gasteiger partial charge in [-0.25, -0.2) is 23.9 Å². The van der Waals surface area contributed by atoms with Crippen LogP contribution in [0.15, 0.2) is 18.2 Å². The third-order valence-electron chi connectivity index (χ3n) is 8.75. The summed E-state index contributed by atoms with van der Waals surface area (Å²) in [5, 5.41) is 15.1. The van der Waals surface area contributed by atoms with E-state index in [9.17, 15) is 19.7 Å². The molecule has 1 aromatic carbocycles. The highest BCUT2D eigenvalue weighted by molar-refractivity contribution is 6.05. The van der Waals surface area contributed by atoms with E-state index in [2.05, 4.69) is 21.9 Å². The number of H-pyrrole nitrogens is 1. The molecule has 45 heavy (non-hydrogen) atoms. The smallest absolute Gasteiger partial charge is 0.415 e. The predicted octanol–water partition coefficient (Wildman–Crippen LogP) is 5.69. The zero-order valence-corrected chi connectivity index (χ0v) is 26.2. The van der Waals surface area contributed by atoms with Crippen molar-refractivity contribution in [1.82, 2.24) is 19.5 Å². The third kappa shape index (κ3) is 6.17. The first-order valence-corrected chi connectivity index (χ1v) is 15.4. The highest BCUT2D eigenvalue weighted by Crippen LogP contribution is 2.41. The minimum Gasteiger partial charge on any atom is -0.459 e. The van der Waals surface area contributed by atoms with Gasteiger partial charge in [0.25, 0.3) is 11.4 Å². The van der Waals surface area contributed by atoms with Gasteiger partial charge in [-0.05, 0) is 56.6 Å². The molecule has 1 aliphatic carbocycles. The van der Waals surface area contributed by atoms with Gasteiger partial charge in [-0.2, -0.15) is 0 Å². The topological polar surface area (TPSA) is 149 Å². The van der Waals surface area contributed by atoms with E-state index in [4.69, 9.17) is 20.8 Å². The number of benzene rings is 1. The molecule has 240 valence electrons. The fourth-order valence-corrected chi connectivity index (χ4v) is 6.62. The summed E-state index contributed by atoms with van der Waals surface area (Å²) in [5.74, 6) is -0.0388. The second kappa shape index (κ2) is 13.2.